The van der Waals surface area contributed by atoms with Crippen LogP contribution >= 0.6 is 11.3 Å². The number of benzene rings is 1. The van der Waals surface area contributed by atoms with Gasteiger partial charge in [-0.1, -0.05) is 6.92 Å². The highest BCUT2D eigenvalue weighted by atomic mass is 32.1. The molecule has 1 aromatic heterocycles. The minimum atomic E-state index is -1.30. The van der Waals surface area contributed by atoms with Crippen molar-refractivity contribution in [3.63, 3.8) is 0 Å². The average Bonchev–Trinajstić information content (AvgIpc) is 2.77. The van der Waals surface area contributed by atoms with Crippen molar-refractivity contribution < 1.29 is 13.7 Å². The van der Waals surface area contributed by atoms with Crippen LogP contribution in [-0.2, 0) is 6.42 Å². The number of rotatable bonds is 3. The second kappa shape index (κ2) is 5.46. The molecule has 2 aromatic rings. The van der Waals surface area contributed by atoms with Gasteiger partial charge < -0.3 is 5.73 Å². The number of hydrogen-bond donors (Lipinski definition) is 1. The van der Waals surface area contributed by atoms with E-state index in [1.165, 1.54) is 0 Å². The SMILES string of the molecule is CCc1c(-c2cc(F)c(F)cc2[N+](=O)[O-])sc(C#N)c1N. The number of nitrogen functional groups attached to an aromatic ring is 1. The lowest BCUT2D eigenvalue weighted by Crippen LogP contribution is -1.97. The summed E-state index contributed by atoms with van der Waals surface area (Å²) in [6.45, 7) is 1.76. The molecule has 0 spiro atoms. The summed E-state index contributed by atoms with van der Waals surface area (Å²) in [6, 6.07) is 3.19. The van der Waals surface area contributed by atoms with Crippen LogP contribution in [-0.4, -0.2) is 4.92 Å². The van der Waals surface area contributed by atoms with Crippen molar-refractivity contribution in [3.05, 3.63) is 44.3 Å². The van der Waals surface area contributed by atoms with Crippen LogP contribution < -0.4 is 5.73 Å². The summed E-state index contributed by atoms with van der Waals surface area (Å²) in [7, 11) is 0. The van der Waals surface area contributed by atoms with Gasteiger partial charge in [-0.05, 0) is 18.1 Å². The van der Waals surface area contributed by atoms with E-state index in [4.69, 9.17) is 11.0 Å². The summed E-state index contributed by atoms with van der Waals surface area (Å²) in [6.07, 6.45) is 0.412. The Kier molecular flexibility index (Phi) is 3.86. The quantitative estimate of drug-likeness (QED) is 0.692. The summed E-state index contributed by atoms with van der Waals surface area (Å²) in [5.41, 5.74) is 5.91. The number of anilines is 1. The first-order valence-corrected chi connectivity index (χ1v) is 6.67. The van der Waals surface area contributed by atoms with Crippen LogP contribution in [0.25, 0.3) is 10.4 Å². The highest BCUT2D eigenvalue weighted by Crippen LogP contribution is 2.42. The maximum Gasteiger partial charge on any atom is 0.281 e. The van der Waals surface area contributed by atoms with Crippen LogP contribution in [0.2, 0.25) is 0 Å². The molecule has 0 radical (unpaired) electrons. The number of halogens is 2. The van der Waals surface area contributed by atoms with E-state index in [1.807, 2.05) is 6.07 Å². The van der Waals surface area contributed by atoms with E-state index in [1.54, 1.807) is 6.92 Å². The molecule has 0 saturated heterocycles. The predicted octanol–water partition coefficient (Wildman–Crippen LogP) is 3.62. The number of hydrogen-bond acceptors (Lipinski definition) is 5. The fourth-order valence-electron chi connectivity index (χ4n) is 2.00. The first-order chi connectivity index (χ1) is 9.90. The van der Waals surface area contributed by atoms with Crippen molar-refractivity contribution in [1.82, 2.24) is 0 Å². The molecule has 5 nitrogen and oxygen atoms in total. The van der Waals surface area contributed by atoms with E-state index in [-0.39, 0.29) is 16.1 Å². The summed E-state index contributed by atoms with van der Waals surface area (Å²) in [4.78, 5) is 10.8. The normalized spacial score (nSPS) is 10.4. The molecule has 2 N–H and O–H groups in total. The molecule has 0 saturated carbocycles. The topological polar surface area (TPSA) is 93.0 Å². The van der Waals surface area contributed by atoms with E-state index in [2.05, 4.69) is 0 Å². The van der Waals surface area contributed by atoms with Crippen LogP contribution in [0.15, 0.2) is 12.1 Å². The van der Waals surface area contributed by atoms with E-state index in [0.717, 1.165) is 17.4 Å². The molecule has 0 unspecified atom stereocenters. The Labute approximate surface area is 122 Å². The zero-order chi connectivity index (χ0) is 15.7. The Hall–Kier alpha value is -2.53. The van der Waals surface area contributed by atoms with Gasteiger partial charge in [-0.25, -0.2) is 8.78 Å². The zero-order valence-corrected chi connectivity index (χ0v) is 11.6. The summed E-state index contributed by atoms with van der Waals surface area (Å²) in [5, 5.41) is 20.0. The van der Waals surface area contributed by atoms with Gasteiger partial charge in [0, 0.05) is 4.88 Å². The van der Waals surface area contributed by atoms with Crippen LogP contribution in [0.3, 0.4) is 0 Å². The fraction of sp³-hybridized carbons (Fsp3) is 0.154. The van der Waals surface area contributed by atoms with Crippen molar-refractivity contribution in [2.24, 2.45) is 0 Å². The smallest absolute Gasteiger partial charge is 0.281 e. The second-order valence-electron chi connectivity index (χ2n) is 4.16. The lowest BCUT2D eigenvalue weighted by atomic mass is 10.0. The van der Waals surface area contributed by atoms with Gasteiger partial charge in [-0.3, -0.25) is 10.1 Å². The number of nitro groups is 1. The molecule has 1 aromatic carbocycles. The number of nitrogens with zero attached hydrogens (tertiary/aromatic N) is 2. The minimum absolute atomic E-state index is 0.0750. The molecule has 0 aliphatic heterocycles. The molecule has 21 heavy (non-hydrogen) atoms. The van der Waals surface area contributed by atoms with Crippen molar-refractivity contribution in [2.45, 2.75) is 13.3 Å². The van der Waals surface area contributed by atoms with Crippen LogP contribution in [0.4, 0.5) is 20.2 Å². The van der Waals surface area contributed by atoms with E-state index in [9.17, 15) is 18.9 Å². The average molecular weight is 309 g/mol. The van der Waals surface area contributed by atoms with Gasteiger partial charge in [0.05, 0.1) is 22.2 Å². The Bertz CT molecular complexity index is 781. The summed E-state index contributed by atoms with van der Waals surface area (Å²) < 4.78 is 26.7. The third-order valence-electron chi connectivity index (χ3n) is 2.98. The zero-order valence-electron chi connectivity index (χ0n) is 10.8. The van der Waals surface area contributed by atoms with Gasteiger partial charge in [0.25, 0.3) is 5.69 Å². The number of nitriles is 1. The van der Waals surface area contributed by atoms with E-state index in [0.29, 0.717) is 22.9 Å². The standard InChI is InChI=1S/C13H9F2N3O2S/c1-2-6-12(17)11(5-16)21-13(6)7-3-8(14)9(15)4-10(7)18(19)20/h3-4H,2,17H2,1H3. The van der Waals surface area contributed by atoms with Gasteiger partial charge in [0.1, 0.15) is 10.9 Å². The minimum Gasteiger partial charge on any atom is -0.397 e. The molecule has 8 heteroatoms. The molecule has 108 valence electrons. The molecule has 0 fully saturated rings. The monoisotopic (exact) mass is 309 g/mol. The van der Waals surface area contributed by atoms with Crippen LogP contribution in [0, 0.1) is 33.1 Å². The number of thiophene rings is 1. The highest BCUT2D eigenvalue weighted by molar-refractivity contribution is 7.16. The predicted molar refractivity (Wildman–Crippen MR) is 74.8 cm³/mol. The Morgan fingerprint density at radius 2 is 2.05 bits per heavy atom. The number of nitro benzene ring substituents is 1. The van der Waals surface area contributed by atoms with Gasteiger partial charge in [-0.15, -0.1) is 11.3 Å². The maximum atomic E-state index is 13.4. The lowest BCUT2D eigenvalue weighted by molar-refractivity contribution is -0.384. The first kappa shape index (κ1) is 14.9. The molecule has 0 aliphatic rings. The van der Waals surface area contributed by atoms with Gasteiger partial charge in [-0.2, -0.15) is 5.26 Å². The molecular weight excluding hydrogens is 300 g/mol. The Morgan fingerprint density at radius 3 is 2.57 bits per heavy atom. The largest absolute Gasteiger partial charge is 0.397 e. The van der Waals surface area contributed by atoms with Crippen molar-refractivity contribution in [1.29, 1.82) is 5.26 Å². The Balaban J connectivity index is 2.81. The third-order valence-corrected chi connectivity index (χ3v) is 4.17. The molecule has 0 bridgehead atoms. The molecule has 0 aliphatic carbocycles. The van der Waals surface area contributed by atoms with Crippen molar-refractivity contribution in [2.75, 3.05) is 5.73 Å². The maximum absolute atomic E-state index is 13.4. The van der Waals surface area contributed by atoms with Crippen molar-refractivity contribution in [3.8, 4) is 16.5 Å². The van der Waals surface area contributed by atoms with Crippen LogP contribution in [0.1, 0.15) is 17.4 Å². The van der Waals surface area contributed by atoms with Gasteiger partial charge in [0.15, 0.2) is 11.6 Å². The molecule has 0 amide bonds. The highest BCUT2D eigenvalue weighted by Gasteiger charge is 2.25. The summed E-state index contributed by atoms with van der Waals surface area (Å²) in [5.74, 6) is -2.49. The van der Waals surface area contributed by atoms with E-state index < -0.39 is 22.2 Å². The number of nitrogens with two attached hydrogens (primary N) is 1. The fourth-order valence-corrected chi connectivity index (χ4v) is 3.13. The molecule has 1 heterocycles. The second-order valence-corrected chi connectivity index (χ2v) is 5.18. The van der Waals surface area contributed by atoms with Gasteiger partial charge >= 0.3 is 0 Å². The van der Waals surface area contributed by atoms with Crippen LogP contribution in [0.5, 0.6) is 0 Å². The molecular formula is C13H9F2N3O2S. The lowest BCUT2D eigenvalue weighted by Gasteiger charge is -2.05. The van der Waals surface area contributed by atoms with E-state index >= 15 is 0 Å². The van der Waals surface area contributed by atoms with Gasteiger partial charge in [0.2, 0.25) is 0 Å². The first-order valence-electron chi connectivity index (χ1n) is 5.85. The van der Waals surface area contributed by atoms with Crippen molar-refractivity contribution >= 4 is 22.7 Å². The summed E-state index contributed by atoms with van der Waals surface area (Å²) >= 11 is 0.930. The Morgan fingerprint density at radius 1 is 1.43 bits per heavy atom. The molecule has 0 atom stereocenters. The third kappa shape index (κ3) is 2.43. The molecule has 2 rings (SSSR count).